The van der Waals surface area contributed by atoms with E-state index in [0.29, 0.717) is 11.3 Å². The fourth-order valence-electron chi connectivity index (χ4n) is 0.995. The normalized spacial score (nSPS) is 9.23. The fourth-order valence-corrected chi connectivity index (χ4v) is 0.995. The molecule has 0 aliphatic heterocycles. The number of rotatable bonds is 3. The number of benzene rings is 1. The quantitative estimate of drug-likeness (QED) is 0.717. The van der Waals surface area contributed by atoms with Gasteiger partial charge in [0.05, 0.1) is 11.3 Å². The molecule has 1 aromatic carbocycles. The molecule has 0 aliphatic rings. The zero-order valence-corrected chi connectivity index (χ0v) is 7.03. The van der Waals surface area contributed by atoms with Crippen molar-refractivity contribution in [3.63, 3.8) is 0 Å². The predicted molar refractivity (Wildman–Crippen MR) is 52.7 cm³/mol. The summed E-state index contributed by atoms with van der Waals surface area (Å²) >= 11 is 0. The lowest BCUT2D eigenvalue weighted by molar-refractivity contribution is 0.0697. The molecule has 0 spiro atoms. The van der Waals surface area contributed by atoms with Crippen LogP contribution in [0.4, 0.5) is 5.69 Å². The second-order valence-corrected chi connectivity index (χ2v) is 2.44. The van der Waals surface area contributed by atoms with Crippen molar-refractivity contribution in [1.82, 2.24) is 0 Å². The number of carboxylic acids is 1. The lowest BCUT2D eigenvalue weighted by atomic mass is 10.1. The van der Waals surface area contributed by atoms with E-state index >= 15 is 0 Å². The van der Waals surface area contributed by atoms with Crippen LogP contribution in [0, 0.1) is 0 Å². The van der Waals surface area contributed by atoms with E-state index < -0.39 is 5.97 Å². The molecule has 3 heteroatoms. The molecular weight excluding hydrogens is 166 g/mol. The zero-order chi connectivity index (χ0) is 9.84. The summed E-state index contributed by atoms with van der Waals surface area (Å²) in [4.78, 5) is 14.3. The summed E-state index contributed by atoms with van der Waals surface area (Å²) in [6.45, 7) is 6.93. The van der Waals surface area contributed by atoms with Gasteiger partial charge in [-0.3, -0.25) is 4.99 Å². The minimum absolute atomic E-state index is 0.224. The van der Waals surface area contributed by atoms with Gasteiger partial charge in [-0.1, -0.05) is 12.7 Å². The standard InChI is InChI=1S/C10H9NO2/c1-3-7-6-8(10(12)13)4-5-9(7)11-2/h3-6H,1-2H2,(H,12,13). The van der Waals surface area contributed by atoms with Crippen molar-refractivity contribution in [3.05, 3.63) is 35.9 Å². The average molecular weight is 175 g/mol. The van der Waals surface area contributed by atoms with Crippen LogP contribution >= 0.6 is 0 Å². The highest BCUT2D eigenvalue weighted by Gasteiger charge is 2.04. The van der Waals surface area contributed by atoms with Gasteiger partial charge in [-0.25, -0.2) is 4.79 Å². The molecule has 66 valence electrons. The monoisotopic (exact) mass is 175 g/mol. The fraction of sp³-hybridized carbons (Fsp3) is 0. The molecule has 0 aliphatic carbocycles. The summed E-state index contributed by atoms with van der Waals surface area (Å²) in [6, 6.07) is 4.60. The highest BCUT2D eigenvalue weighted by atomic mass is 16.4. The third-order valence-electron chi connectivity index (χ3n) is 1.66. The molecular formula is C10H9NO2. The number of carbonyl (C=O) groups is 1. The van der Waals surface area contributed by atoms with Crippen molar-refractivity contribution >= 4 is 24.5 Å². The Bertz CT molecular complexity index is 369. The molecule has 1 N–H and O–H groups in total. The van der Waals surface area contributed by atoms with Crippen molar-refractivity contribution in [1.29, 1.82) is 0 Å². The average Bonchev–Trinajstić information content (AvgIpc) is 2.16. The molecule has 3 nitrogen and oxygen atoms in total. The molecule has 0 amide bonds. The number of nitrogens with zero attached hydrogens (tertiary/aromatic N) is 1. The number of hydrogen-bond acceptors (Lipinski definition) is 2. The summed E-state index contributed by atoms with van der Waals surface area (Å²) in [5, 5.41) is 8.69. The van der Waals surface area contributed by atoms with Crippen molar-refractivity contribution < 1.29 is 9.90 Å². The van der Waals surface area contributed by atoms with Crippen LogP contribution in [0.3, 0.4) is 0 Å². The molecule has 1 rings (SSSR count). The second-order valence-electron chi connectivity index (χ2n) is 2.44. The van der Waals surface area contributed by atoms with Gasteiger partial charge in [0.1, 0.15) is 0 Å². The van der Waals surface area contributed by atoms with Gasteiger partial charge in [0.15, 0.2) is 0 Å². The van der Waals surface area contributed by atoms with E-state index in [0.717, 1.165) is 0 Å². The van der Waals surface area contributed by atoms with Crippen molar-refractivity contribution in [2.45, 2.75) is 0 Å². The zero-order valence-electron chi connectivity index (χ0n) is 7.03. The van der Waals surface area contributed by atoms with Gasteiger partial charge in [-0.2, -0.15) is 0 Å². The van der Waals surface area contributed by atoms with Crippen molar-refractivity contribution in [2.75, 3.05) is 0 Å². The Balaban J connectivity index is 3.28. The van der Waals surface area contributed by atoms with Crippen LogP contribution in [0.15, 0.2) is 29.8 Å². The van der Waals surface area contributed by atoms with Crippen LogP contribution in [0.2, 0.25) is 0 Å². The van der Waals surface area contributed by atoms with Crippen LogP contribution in [-0.2, 0) is 0 Å². The molecule has 0 saturated heterocycles. The van der Waals surface area contributed by atoms with E-state index in [2.05, 4.69) is 18.3 Å². The lowest BCUT2D eigenvalue weighted by Crippen LogP contribution is -1.95. The van der Waals surface area contributed by atoms with Gasteiger partial charge in [0, 0.05) is 5.56 Å². The van der Waals surface area contributed by atoms with Gasteiger partial charge in [-0.05, 0) is 24.9 Å². The molecule has 0 fully saturated rings. The number of aromatic carboxylic acids is 1. The van der Waals surface area contributed by atoms with Crippen molar-refractivity contribution in [3.8, 4) is 0 Å². The van der Waals surface area contributed by atoms with E-state index in [1.54, 1.807) is 12.1 Å². The summed E-state index contributed by atoms with van der Waals surface area (Å²) in [5.74, 6) is -0.960. The first-order chi connectivity index (χ1) is 6.19. The summed E-state index contributed by atoms with van der Waals surface area (Å²) in [7, 11) is 0. The molecule has 0 saturated carbocycles. The van der Waals surface area contributed by atoms with E-state index in [1.807, 2.05) is 0 Å². The minimum Gasteiger partial charge on any atom is -0.478 e. The Morgan fingerprint density at radius 1 is 1.54 bits per heavy atom. The van der Waals surface area contributed by atoms with E-state index in [4.69, 9.17) is 5.11 Å². The smallest absolute Gasteiger partial charge is 0.335 e. The Morgan fingerprint density at radius 2 is 2.23 bits per heavy atom. The molecule has 13 heavy (non-hydrogen) atoms. The first kappa shape index (κ1) is 9.19. The Morgan fingerprint density at radius 3 is 2.69 bits per heavy atom. The molecule has 0 radical (unpaired) electrons. The van der Waals surface area contributed by atoms with Gasteiger partial charge in [0.25, 0.3) is 0 Å². The SMILES string of the molecule is C=Cc1cc(C(=O)O)ccc1N=C. The third-order valence-corrected chi connectivity index (χ3v) is 1.66. The largest absolute Gasteiger partial charge is 0.478 e. The lowest BCUT2D eigenvalue weighted by Gasteiger charge is -2.00. The summed E-state index contributed by atoms with van der Waals surface area (Å²) in [6.07, 6.45) is 1.55. The van der Waals surface area contributed by atoms with Gasteiger partial charge in [0.2, 0.25) is 0 Å². The maximum atomic E-state index is 10.6. The van der Waals surface area contributed by atoms with Crippen LogP contribution in [0.25, 0.3) is 6.08 Å². The first-order valence-corrected chi connectivity index (χ1v) is 3.65. The first-order valence-electron chi connectivity index (χ1n) is 3.65. The van der Waals surface area contributed by atoms with E-state index in [1.165, 1.54) is 12.1 Å². The van der Waals surface area contributed by atoms with Gasteiger partial charge < -0.3 is 5.11 Å². The molecule has 0 bridgehead atoms. The maximum Gasteiger partial charge on any atom is 0.335 e. The molecule has 0 heterocycles. The van der Waals surface area contributed by atoms with Crippen molar-refractivity contribution in [2.24, 2.45) is 4.99 Å². The summed E-state index contributed by atoms with van der Waals surface area (Å²) in [5.41, 5.74) is 1.54. The van der Waals surface area contributed by atoms with Crippen LogP contribution in [-0.4, -0.2) is 17.8 Å². The topological polar surface area (TPSA) is 49.7 Å². The maximum absolute atomic E-state index is 10.6. The second kappa shape index (κ2) is 3.67. The van der Waals surface area contributed by atoms with Gasteiger partial charge in [-0.15, -0.1) is 0 Å². The predicted octanol–water partition coefficient (Wildman–Crippen LogP) is 2.36. The number of hydrogen-bond donors (Lipinski definition) is 1. The third kappa shape index (κ3) is 1.82. The number of carboxylic acid groups (broad SMARTS) is 1. The van der Waals surface area contributed by atoms with Crippen LogP contribution in [0.5, 0.6) is 0 Å². The van der Waals surface area contributed by atoms with Crippen LogP contribution < -0.4 is 0 Å². The minimum atomic E-state index is -0.960. The highest BCUT2D eigenvalue weighted by Crippen LogP contribution is 2.20. The Hall–Kier alpha value is -1.90. The number of aliphatic imine (C=N–C) groups is 1. The summed E-state index contributed by atoms with van der Waals surface area (Å²) < 4.78 is 0. The van der Waals surface area contributed by atoms with E-state index in [9.17, 15) is 4.79 Å². The van der Waals surface area contributed by atoms with Crippen LogP contribution in [0.1, 0.15) is 15.9 Å². The highest BCUT2D eigenvalue weighted by molar-refractivity contribution is 5.89. The van der Waals surface area contributed by atoms with E-state index in [-0.39, 0.29) is 5.56 Å². The molecule has 0 unspecified atom stereocenters. The molecule has 1 aromatic rings. The Labute approximate surface area is 76.1 Å². The van der Waals surface area contributed by atoms with Gasteiger partial charge >= 0.3 is 5.97 Å². The molecule has 0 atom stereocenters. The Kier molecular flexibility index (Phi) is 2.59. The molecule has 0 aromatic heterocycles.